The van der Waals surface area contributed by atoms with Crippen molar-refractivity contribution in [1.29, 1.82) is 0 Å². The number of hydrogen-bond donors (Lipinski definition) is 1. The van der Waals surface area contributed by atoms with Crippen LogP contribution in [0.3, 0.4) is 0 Å². The van der Waals surface area contributed by atoms with Gasteiger partial charge in [-0.25, -0.2) is 0 Å². The van der Waals surface area contributed by atoms with Crippen LogP contribution in [-0.4, -0.2) is 36.9 Å². The molecule has 1 aliphatic rings. The molecular formula is C17H21NO5. The molecule has 0 bridgehead atoms. The van der Waals surface area contributed by atoms with Gasteiger partial charge in [0.15, 0.2) is 11.9 Å². The fourth-order valence-corrected chi connectivity index (χ4v) is 2.40. The van der Waals surface area contributed by atoms with E-state index in [2.05, 4.69) is 5.32 Å². The average Bonchev–Trinajstić information content (AvgIpc) is 2.56. The lowest BCUT2D eigenvalue weighted by molar-refractivity contribution is -0.155. The maximum Gasteiger partial charge on any atom is 0.326 e. The van der Waals surface area contributed by atoms with Crippen LogP contribution in [0.1, 0.15) is 43.0 Å². The second kappa shape index (κ2) is 8.31. The number of esters is 1. The standard InChI is InChI=1S/C17H21NO5/c1-2-22-13-9-7-12(8-10-13)17(21)18-11-16(20)23-15-6-4-3-5-14(15)19/h7-10,15H,2-6,11H2,1H3,(H,18,21)/t15-/m1/s1. The van der Waals surface area contributed by atoms with Gasteiger partial charge in [-0.2, -0.15) is 0 Å². The fourth-order valence-electron chi connectivity index (χ4n) is 2.40. The smallest absolute Gasteiger partial charge is 0.326 e. The molecule has 1 fully saturated rings. The average molecular weight is 319 g/mol. The van der Waals surface area contributed by atoms with Gasteiger partial charge in [0.05, 0.1) is 6.61 Å². The van der Waals surface area contributed by atoms with Crippen LogP contribution in [0, 0.1) is 0 Å². The monoisotopic (exact) mass is 319 g/mol. The van der Waals surface area contributed by atoms with Gasteiger partial charge in [-0.1, -0.05) is 0 Å². The second-order valence-electron chi connectivity index (χ2n) is 5.33. The van der Waals surface area contributed by atoms with Crippen molar-refractivity contribution >= 4 is 17.7 Å². The van der Waals surface area contributed by atoms with Gasteiger partial charge in [0.25, 0.3) is 5.91 Å². The molecule has 6 nitrogen and oxygen atoms in total. The summed E-state index contributed by atoms with van der Waals surface area (Å²) in [5.41, 5.74) is 0.426. The summed E-state index contributed by atoms with van der Waals surface area (Å²) in [6, 6.07) is 6.63. The molecule has 1 amide bonds. The minimum absolute atomic E-state index is 0.0394. The number of nitrogens with one attached hydrogen (secondary N) is 1. The maximum absolute atomic E-state index is 11.9. The Kier molecular flexibility index (Phi) is 6.14. The largest absolute Gasteiger partial charge is 0.494 e. The number of carbonyl (C=O) groups excluding carboxylic acids is 3. The van der Waals surface area contributed by atoms with E-state index in [1.807, 2.05) is 6.92 Å². The quantitative estimate of drug-likeness (QED) is 0.810. The molecule has 0 spiro atoms. The summed E-state index contributed by atoms with van der Waals surface area (Å²) in [7, 11) is 0. The number of amides is 1. The van der Waals surface area contributed by atoms with Gasteiger partial charge in [-0.05, 0) is 50.5 Å². The van der Waals surface area contributed by atoms with E-state index < -0.39 is 12.1 Å². The van der Waals surface area contributed by atoms with Crippen LogP contribution in [0.25, 0.3) is 0 Å². The molecule has 0 aromatic heterocycles. The summed E-state index contributed by atoms with van der Waals surface area (Å²) in [6.07, 6.45) is 2.09. The molecule has 124 valence electrons. The van der Waals surface area contributed by atoms with Crippen LogP contribution >= 0.6 is 0 Å². The Morgan fingerprint density at radius 3 is 2.61 bits per heavy atom. The molecule has 23 heavy (non-hydrogen) atoms. The molecule has 0 unspecified atom stereocenters. The first kappa shape index (κ1) is 17.0. The first-order valence-corrected chi connectivity index (χ1v) is 7.83. The highest BCUT2D eigenvalue weighted by atomic mass is 16.5. The number of hydrogen-bond acceptors (Lipinski definition) is 5. The predicted molar refractivity (Wildman–Crippen MR) is 83.3 cm³/mol. The van der Waals surface area contributed by atoms with Crippen molar-refractivity contribution in [3.05, 3.63) is 29.8 Å². The lowest BCUT2D eigenvalue weighted by atomic mass is 9.96. The molecular weight excluding hydrogens is 298 g/mol. The minimum atomic E-state index is -0.654. The van der Waals surface area contributed by atoms with E-state index in [0.717, 1.165) is 12.8 Å². The summed E-state index contributed by atoms with van der Waals surface area (Å²) in [4.78, 5) is 35.3. The Labute approximate surface area is 135 Å². The minimum Gasteiger partial charge on any atom is -0.494 e. The van der Waals surface area contributed by atoms with Gasteiger partial charge in [-0.15, -0.1) is 0 Å². The van der Waals surface area contributed by atoms with Gasteiger partial charge in [0, 0.05) is 12.0 Å². The lowest BCUT2D eigenvalue weighted by Crippen LogP contribution is -2.36. The number of benzene rings is 1. The normalized spacial score (nSPS) is 17.4. The molecule has 0 saturated heterocycles. The molecule has 0 radical (unpaired) electrons. The molecule has 0 aliphatic heterocycles. The van der Waals surface area contributed by atoms with E-state index in [9.17, 15) is 14.4 Å². The summed E-state index contributed by atoms with van der Waals surface area (Å²) in [5, 5.41) is 2.49. The van der Waals surface area contributed by atoms with Crippen molar-refractivity contribution in [2.75, 3.05) is 13.2 Å². The van der Waals surface area contributed by atoms with Crippen LogP contribution < -0.4 is 10.1 Å². The van der Waals surface area contributed by atoms with Crippen molar-refractivity contribution in [2.24, 2.45) is 0 Å². The fraction of sp³-hybridized carbons (Fsp3) is 0.471. The molecule has 1 saturated carbocycles. The van der Waals surface area contributed by atoms with E-state index in [-0.39, 0.29) is 18.2 Å². The van der Waals surface area contributed by atoms with Crippen molar-refractivity contribution in [3.63, 3.8) is 0 Å². The number of carbonyl (C=O) groups is 3. The van der Waals surface area contributed by atoms with Gasteiger partial charge in [0.2, 0.25) is 0 Å². The lowest BCUT2D eigenvalue weighted by Gasteiger charge is -2.20. The topological polar surface area (TPSA) is 81.7 Å². The summed E-state index contributed by atoms with van der Waals surface area (Å²) < 4.78 is 10.4. The predicted octanol–water partition coefficient (Wildman–Crippen LogP) is 1.87. The highest BCUT2D eigenvalue weighted by molar-refractivity contribution is 5.96. The van der Waals surface area contributed by atoms with Crippen molar-refractivity contribution < 1.29 is 23.9 Å². The van der Waals surface area contributed by atoms with Crippen LogP contribution in [0.4, 0.5) is 0 Å². The van der Waals surface area contributed by atoms with E-state index in [1.54, 1.807) is 24.3 Å². The Morgan fingerprint density at radius 1 is 1.22 bits per heavy atom. The zero-order valence-corrected chi connectivity index (χ0v) is 13.2. The van der Waals surface area contributed by atoms with Crippen LogP contribution in [0.15, 0.2) is 24.3 Å². The summed E-state index contributed by atoms with van der Waals surface area (Å²) >= 11 is 0. The Bertz CT molecular complexity index is 567. The molecule has 1 aromatic rings. The molecule has 1 aliphatic carbocycles. The third kappa shape index (κ3) is 5.09. The highest BCUT2D eigenvalue weighted by Gasteiger charge is 2.25. The van der Waals surface area contributed by atoms with Gasteiger partial charge >= 0.3 is 5.97 Å². The first-order valence-electron chi connectivity index (χ1n) is 7.83. The Hall–Kier alpha value is -2.37. The molecule has 1 N–H and O–H groups in total. The van der Waals surface area contributed by atoms with E-state index in [1.165, 1.54) is 0 Å². The first-order chi connectivity index (χ1) is 11.1. The third-order valence-electron chi connectivity index (χ3n) is 3.59. The molecule has 1 atom stereocenters. The van der Waals surface area contributed by atoms with E-state index >= 15 is 0 Å². The van der Waals surface area contributed by atoms with Gasteiger partial charge in [-0.3, -0.25) is 14.4 Å². The van der Waals surface area contributed by atoms with Crippen LogP contribution in [-0.2, 0) is 14.3 Å². The highest BCUT2D eigenvalue weighted by Crippen LogP contribution is 2.17. The zero-order valence-electron chi connectivity index (χ0n) is 13.2. The SMILES string of the molecule is CCOc1ccc(C(=O)NCC(=O)O[C@@H]2CCCCC2=O)cc1. The second-order valence-corrected chi connectivity index (χ2v) is 5.33. The van der Waals surface area contributed by atoms with Crippen molar-refractivity contribution in [3.8, 4) is 5.75 Å². The number of rotatable bonds is 6. The number of ether oxygens (including phenoxy) is 2. The number of ketones is 1. The molecule has 0 heterocycles. The van der Waals surface area contributed by atoms with E-state index in [4.69, 9.17) is 9.47 Å². The summed E-state index contributed by atoms with van der Waals surface area (Å²) in [5.74, 6) is -0.328. The van der Waals surface area contributed by atoms with Crippen LogP contribution in [0.5, 0.6) is 5.75 Å². The third-order valence-corrected chi connectivity index (χ3v) is 3.59. The van der Waals surface area contributed by atoms with Gasteiger partial charge in [0.1, 0.15) is 12.3 Å². The molecule has 6 heteroatoms. The molecule has 1 aromatic carbocycles. The number of Topliss-reactive ketones (excluding diaryl/α,β-unsaturated/α-hetero) is 1. The summed E-state index contributed by atoms with van der Waals surface area (Å²) in [6.45, 7) is 2.18. The Morgan fingerprint density at radius 2 is 1.96 bits per heavy atom. The van der Waals surface area contributed by atoms with Gasteiger partial charge < -0.3 is 14.8 Å². The Balaban J connectivity index is 1.79. The molecule has 2 rings (SSSR count). The van der Waals surface area contributed by atoms with Crippen molar-refractivity contribution in [1.82, 2.24) is 5.32 Å². The van der Waals surface area contributed by atoms with Crippen molar-refractivity contribution in [2.45, 2.75) is 38.7 Å². The zero-order chi connectivity index (χ0) is 16.7. The van der Waals surface area contributed by atoms with E-state index in [0.29, 0.717) is 30.8 Å². The maximum atomic E-state index is 11.9. The van der Waals surface area contributed by atoms with Crippen LogP contribution in [0.2, 0.25) is 0 Å².